The third kappa shape index (κ3) is 2.82. The summed E-state index contributed by atoms with van der Waals surface area (Å²) < 4.78 is 0. The Hall–Kier alpha value is -2.70. The predicted molar refractivity (Wildman–Crippen MR) is 70.5 cm³/mol. The lowest BCUT2D eigenvalue weighted by molar-refractivity contribution is -0.384. The summed E-state index contributed by atoms with van der Waals surface area (Å²) in [5.74, 6) is -1.83. The van der Waals surface area contributed by atoms with Crippen LogP contribution in [0.25, 0.3) is 0 Å². The van der Waals surface area contributed by atoms with Crippen LogP contribution in [0.2, 0.25) is 0 Å². The summed E-state index contributed by atoms with van der Waals surface area (Å²) in [7, 11) is 0. The number of anilines is 1. The maximum Gasteiger partial charge on any atom is 0.338 e. The highest BCUT2D eigenvalue weighted by Gasteiger charge is 2.22. The van der Waals surface area contributed by atoms with E-state index < -0.39 is 10.9 Å². The lowest BCUT2D eigenvalue weighted by atomic mass is 10.1. The van der Waals surface area contributed by atoms with Crippen LogP contribution in [-0.4, -0.2) is 21.9 Å². The Morgan fingerprint density at radius 1 is 1.30 bits per heavy atom. The molecule has 1 amide bonds. The number of allylic oxidation sites excluding steroid dienone is 2. The van der Waals surface area contributed by atoms with Crippen molar-refractivity contribution in [3.05, 3.63) is 46.0 Å². The van der Waals surface area contributed by atoms with Gasteiger partial charge in [0.25, 0.3) is 5.69 Å². The molecule has 20 heavy (non-hydrogen) atoms. The van der Waals surface area contributed by atoms with Crippen molar-refractivity contribution in [2.45, 2.75) is 12.8 Å². The first-order chi connectivity index (χ1) is 9.49. The fourth-order valence-electron chi connectivity index (χ4n) is 2.00. The minimum Gasteiger partial charge on any atom is -0.478 e. The van der Waals surface area contributed by atoms with E-state index >= 15 is 0 Å². The minimum atomic E-state index is -1.33. The number of nitro groups is 1. The maximum atomic E-state index is 11.9. The van der Waals surface area contributed by atoms with E-state index in [2.05, 4.69) is 5.32 Å². The van der Waals surface area contributed by atoms with Gasteiger partial charge >= 0.3 is 5.97 Å². The summed E-state index contributed by atoms with van der Waals surface area (Å²) in [4.78, 5) is 33.0. The monoisotopic (exact) mass is 276 g/mol. The van der Waals surface area contributed by atoms with Crippen LogP contribution in [0.4, 0.5) is 11.4 Å². The van der Waals surface area contributed by atoms with Crippen LogP contribution in [0.1, 0.15) is 23.2 Å². The second kappa shape index (κ2) is 5.52. The van der Waals surface area contributed by atoms with E-state index in [0.717, 1.165) is 12.1 Å². The molecular weight excluding hydrogens is 264 g/mol. The van der Waals surface area contributed by atoms with E-state index in [1.807, 2.05) is 12.2 Å². The number of hydrogen-bond donors (Lipinski definition) is 2. The lowest BCUT2D eigenvalue weighted by Crippen LogP contribution is -2.22. The smallest absolute Gasteiger partial charge is 0.338 e. The highest BCUT2D eigenvalue weighted by Crippen LogP contribution is 2.25. The number of nitro benzene ring substituents is 1. The highest BCUT2D eigenvalue weighted by molar-refractivity contribution is 6.01. The van der Waals surface area contributed by atoms with E-state index in [4.69, 9.17) is 5.11 Å². The van der Waals surface area contributed by atoms with Crippen molar-refractivity contribution in [1.29, 1.82) is 0 Å². The molecule has 0 heterocycles. The third-order valence-corrected chi connectivity index (χ3v) is 3.08. The standard InChI is InChI=1S/C13H12N2O5/c16-12(8-3-1-2-4-8)14-11-6-5-9(15(19)20)7-10(11)13(17)18/h1-2,5-8H,3-4H2,(H,14,16)(H,17,18). The van der Waals surface area contributed by atoms with Crippen molar-refractivity contribution in [3.63, 3.8) is 0 Å². The molecule has 1 aromatic carbocycles. The topological polar surface area (TPSA) is 110 Å². The van der Waals surface area contributed by atoms with Gasteiger partial charge in [-0.25, -0.2) is 4.79 Å². The van der Waals surface area contributed by atoms with Gasteiger partial charge in [0.15, 0.2) is 0 Å². The molecule has 0 fully saturated rings. The van der Waals surface area contributed by atoms with Gasteiger partial charge < -0.3 is 10.4 Å². The van der Waals surface area contributed by atoms with E-state index in [1.54, 1.807) is 0 Å². The lowest BCUT2D eigenvalue weighted by Gasteiger charge is -2.12. The molecule has 104 valence electrons. The van der Waals surface area contributed by atoms with E-state index in [1.165, 1.54) is 6.07 Å². The van der Waals surface area contributed by atoms with Gasteiger partial charge in [0.05, 0.1) is 16.2 Å². The Kier molecular flexibility index (Phi) is 3.79. The molecule has 0 saturated carbocycles. The number of nitrogens with zero attached hydrogens (tertiary/aromatic N) is 1. The summed E-state index contributed by atoms with van der Waals surface area (Å²) in [6.07, 6.45) is 5.00. The Balaban J connectivity index is 2.24. The minimum absolute atomic E-state index is 0.0694. The first-order valence-corrected chi connectivity index (χ1v) is 5.96. The molecule has 1 aliphatic rings. The average Bonchev–Trinajstić information content (AvgIpc) is 2.92. The quantitative estimate of drug-likeness (QED) is 0.497. The zero-order valence-corrected chi connectivity index (χ0v) is 10.4. The van der Waals surface area contributed by atoms with Gasteiger partial charge in [0.2, 0.25) is 5.91 Å². The number of amides is 1. The summed E-state index contributed by atoms with van der Waals surface area (Å²) in [6, 6.07) is 3.33. The molecule has 0 aliphatic heterocycles. The average molecular weight is 276 g/mol. The third-order valence-electron chi connectivity index (χ3n) is 3.08. The Labute approximate surface area is 114 Å². The number of carboxylic acids is 1. The van der Waals surface area contributed by atoms with Gasteiger partial charge in [-0.2, -0.15) is 0 Å². The van der Waals surface area contributed by atoms with Crippen LogP contribution in [0, 0.1) is 16.0 Å². The summed E-state index contributed by atoms with van der Waals surface area (Å²) in [6.45, 7) is 0. The van der Waals surface area contributed by atoms with Gasteiger partial charge in [-0.05, 0) is 18.9 Å². The molecule has 0 bridgehead atoms. The molecular formula is C13H12N2O5. The Morgan fingerprint density at radius 3 is 2.50 bits per heavy atom. The fourth-order valence-corrected chi connectivity index (χ4v) is 2.00. The molecule has 0 spiro atoms. The highest BCUT2D eigenvalue weighted by atomic mass is 16.6. The van der Waals surface area contributed by atoms with Crippen LogP contribution in [0.5, 0.6) is 0 Å². The zero-order valence-electron chi connectivity index (χ0n) is 10.4. The number of carboxylic acid groups (broad SMARTS) is 1. The Morgan fingerprint density at radius 2 is 1.95 bits per heavy atom. The summed E-state index contributed by atoms with van der Waals surface area (Å²) in [5, 5.41) is 22.2. The van der Waals surface area contributed by atoms with Gasteiger partial charge in [-0.1, -0.05) is 12.2 Å². The second-order valence-electron chi connectivity index (χ2n) is 4.42. The number of hydrogen-bond acceptors (Lipinski definition) is 4. The number of non-ortho nitro benzene ring substituents is 1. The Bertz CT molecular complexity index is 601. The van der Waals surface area contributed by atoms with Gasteiger partial charge in [-0.3, -0.25) is 14.9 Å². The van der Waals surface area contributed by atoms with Crippen LogP contribution < -0.4 is 5.32 Å². The molecule has 0 radical (unpaired) electrons. The SMILES string of the molecule is O=C(O)c1cc([N+](=O)[O-])ccc1NC(=O)C1CC=CC1. The molecule has 7 nitrogen and oxygen atoms in total. The first-order valence-electron chi connectivity index (χ1n) is 5.96. The second-order valence-corrected chi connectivity index (χ2v) is 4.42. The number of aromatic carboxylic acids is 1. The molecule has 2 N–H and O–H groups in total. The molecule has 0 aromatic heterocycles. The predicted octanol–water partition coefficient (Wildman–Crippen LogP) is 2.20. The number of carbonyl (C=O) groups excluding carboxylic acids is 1. The van der Waals surface area contributed by atoms with E-state index in [0.29, 0.717) is 12.8 Å². The zero-order chi connectivity index (χ0) is 14.7. The first kappa shape index (κ1) is 13.7. The molecule has 0 atom stereocenters. The molecule has 0 unspecified atom stereocenters. The normalized spacial score (nSPS) is 14.2. The summed E-state index contributed by atoms with van der Waals surface area (Å²) in [5.41, 5.74) is -0.554. The van der Waals surface area contributed by atoms with Crippen molar-refractivity contribution < 1.29 is 19.6 Å². The molecule has 1 aromatic rings. The van der Waals surface area contributed by atoms with Crippen molar-refractivity contribution in [2.75, 3.05) is 5.32 Å². The molecule has 1 aliphatic carbocycles. The summed E-state index contributed by atoms with van der Waals surface area (Å²) >= 11 is 0. The van der Waals surface area contributed by atoms with E-state index in [-0.39, 0.29) is 28.8 Å². The number of carbonyl (C=O) groups is 2. The van der Waals surface area contributed by atoms with Gasteiger partial charge in [0.1, 0.15) is 0 Å². The maximum absolute atomic E-state index is 11.9. The van der Waals surface area contributed by atoms with Crippen molar-refractivity contribution in [3.8, 4) is 0 Å². The molecule has 7 heteroatoms. The molecule has 0 saturated heterocycles. The van der Waals surface area contributed by atoms with Crippen LogP contribution in [-0.2, 0) is 4.79 Å². The van der Waals surface area contributed by atoms with Crippen molar-refractivity contribution in [2.24, 2.45) is 5.92 Å². The van der Waals surface area contributed by atoms with Crippen molar-refractivity contribution in [1.82, 2.24) is 0 Å². The van der Waals surface area contributed by atoms with Crippen LogP contribution in [0.3, 0.4) is 0 Å². The number of nitrogens with one attached hydrogen (secondary N) is 1. The van der Waals surface area contributed by atoms with Gasteiger partial charge in [0, 0.05) is 18.1 Å². The number of benzene rings is 1. The van der Waals surface area contributed by atoms with Crippen LogP contribution >= 0.6 is 0 Å². The molecule has 2 rings (SSSR count). The number of rotatable bonds is 4. The fraction of sp³-hybridized carbons (Fsp3) is 0.231. The largest absolute Gasteiger partial charge is 0.478 e. The van der Waals surface area contributed by atoms with Crippen molar-refractivity contribution >= 4 is 23.3 Å². The van der Waals surface area contributed by atoms with E-state index in [9.17, 15) is 19.7 Å². The van der Waals surface area contributed by atoms with Gasteiger partial charge in [-0.15, -0.1) is 0 Å². The van der Waals surface area contributed by atoms with Crippen LogP contribution in [0.15, 0.2) is 30.4 Å².